The van der Waals surface area contributed by atoms with Crippen molar-refractivity contribution in [2.75, 3.05) is 19.6 Å². The second kappa shape index (κ2) is 8.70. The number of carbonyl (C=O) groups excluding carboxylic acids is 2. The minimum atomic E-state index is -0.970. The largest absolute Gasteiger partial charge is 0.444 e. The highest BCUT2D eigenvalue weighted by Gasteiger charge is 2.34. The van der Waals surface area contributed by atoms with Crippen molar-refractivity contribution in [2.45, 2.75) is 77.9 Å². The molecule has 0 aromatic rings. The van der Waals surface area contributed by atoms with Crippen LogP contribution in [0.5, 0.6) is 0 Å². The highest BCUT2D eigenvalue weighted by molar-refractivity contribution is 5.76. The quantitative estimate of drug-likeness (QED) is 0.778. The molecule has 0 aromatic carbocycles. The van der Waals surface area contributed by atoms with Crippen molar-refractivity contribution in [1.82, 2.24) is 10.2 Å². The van der Waals surface area contributed by atoms with Crippen LogP contribution in [0.3, 0.4) is 0 Å². The van der Waals surface area contributed by atoms with E-state index in [9.17, 15) is 14.7 Å². The van der Waals surface area contributed by atoms with Gasteiger partial charge in [0.05, 0.1) is 5.60 Å². The van der Waals surface area contributed by atoms with Crippen LogP contribution in [-0.2, 0) is 9.53 Å². The molecule has 0 spiro atoms. The Balaban J connectivity index is 2.38. The van der Waals surface area contributed by atoms with Gasteiger partial charge in [-0.05, 0) is 39.5 Å². The van der Waals surface area contributed by atoms with Crippen molar-refractivity contribution < 1.29 is 19.4 Å². The van der Waals surface area contributed by atoms with Gasteiger partial charge in [0, 0.05) is 26.1 Å². The monoisotopic (exact) mass is 342 g/mol. The molecule has 1 aliphatic heterocycles. The fourth-order valence-corrected chi connectivity index (χ4v) is 2.92. The van der Waals surface area contributed by atoms with Crippen LogP contribution in [0.4, 0.5) is 4.79 Å². The summed E-state index contributed by atoms with van der Waals surface area (Å²) in [5.74, 6) is 0.565. The van der Waals surface area contributed by atoms with Gasteiger partial charge < -0.3 is 20.1 Å². The number of amides is 2. The lowest BCUT2D eigenvalue weighted by Crippen LogP contribution is -2.52. The predicted molar refractivity (Wildman–Crippen MR) is 93.7 cm³/mol. The van der Waals surface area contributed by atoms with Crippen LogP contribution in [0.1, 0.15) is 66.7 Å². The lowest BCUT2D eigenvalue weighted by atomic mass is 9.90. The van der Waals surface area contributed by atoms with Gasteiger partial charge in [-0.25, -0.2) is 4.79 Å². The molecule has 1 fully saturated rings. The zero-order valence-electron chi connectivity index (χ0n) is 15.9. The van der Waals surface area contributed by atoms with Gasteiger partial charge in [0.1, 0.15) is 5.60 Å². The molecule has 2 N–H and O–H groups in total. The molecule has 0 bridgehead atoms. The Bertz CT molecular complexity index is 423. The first-order valence-corrected chi connectivity index (χ1v) is 9.01. The number of hydrogen-bond donors (Lipinski definition) is 2. The fraction of sp³-hybridized carbons (Fsp3) is 0.889. The van der Waals surface area contributed by atoms with E-state index in [0.29, 0.717) is 38.3 Å². The summed E-state index contributed by atoms with van der Waals surface area (Å²) in [5, 5.41) is 13.2. The summed E-state index contributed by atoms with van der Waals surface area (Å²) < 4.78 is 5.17. The third kappa shape index (κ3) is 7.51. The molecule has 0 aromatic heterocycles. The van der Waals surface area contributed by atoms with Gasteiger partial charge in [-0.15, -0.1) is 0 Å². The van der Waals surface area contributed by atoms with Crippen LogP contribution in [0, 0.1) is 5.92 Å². The number of piperidine rings is 1. The summed E-state index contributed by atoms with van der Waals surface area (Å²) in [4.78, 5) is 25.8. The second-order valence-electron chi connectivity index (χ2n) is 8.06. The minimum Gasteiger partial charge on any atom is -0.444 e. The third-order valence-electron chi connectivity index (χ3n) is 4.31. The van der Waals surface area contributed by atoms with Gasteiger partial charge in [0.15, 0.2) is 0 Å². The summed E-state index contributed by atoms with van der Waals surface area (Å²) in [6.45, 7) is 10.8. The zero-order chi connectivity index (χ0) is 18.4. The van der Waals surface area contributed by atoms with Gasteiger partial charge in [-0.2, -0.15) is 0 Å². The van der Waals surface area contributed by atoms with Gasteiger partial charge in [0.2, 0.25) is 5.91 Å². The topological polar surface area (TPSA) is 78.9 Å². The maximum absolute atomic E-state index is 12.3. The second-order valence-corrected chi connectivity index (χ2v) is 8.06. The van der Waals surface area contributed by atoms with Crippen LogP contribution < -0.4 is 5.32 Å². The number of hydrogen-bond acceptors (Lipinski definition) is 4. The van der Waals surface area contributed by atoms with Crippen molar-refractivity contribution in [3.8, 4) is 0 Å². The van der Waals surface area contributed by atoms with Gasteiger partial charge >= 0.3 is 6.09 Å². The molecule has 6 nitrogen and oxygen atoms in total. The zero-order valence-corrected chi connectivity index (χ0v) is 15.9. The molecule has 0 aliphatic carbocycles. The van der Waals surface area contributed by atoms with E-state index in [1.807, 2.05) is 4.90 Å². The van der Waals surface area contributed by atoms with E-state index in [1.165, 1.54) is 0 Å². The summed E-state index contributed by atoms with van der Waals surface area (Å²) in [7, 11) is 0. The molecule has 1 atom stereocenters. The maximum atomic E-state index is 12.3. The molecule has 2 amide bonds. The Morgan fingerprint density at radius 1 is 1.29 bits per heavy atom. The smallest absolute Gasteiger partial charge is 0.407 e. The van der Waals surface area contributed by atoms with Crippen LogP contribution in [0.25, 0.3) is 0 Å². The molecule has 0 saturated carbocycles. The Hall–Kier alpha value is -1.30. The normalized spacial score (nSPS) is 18.8. The summed E-state index contributed by atoms with van der Waals surface area (Å²) in [6, 6.07) is 0. The third-order valence-corrected chi connectivity index (χ3v) is 4.31. The van der Waals surface area contributed by atoms with Crippen molar-refractivity contribution in [1.29, 1.82) is 0 Å². The molecular weight excluding hydrogens is 308 g/mol. The van der Waals surface area contributed by atoms with Gasteiger partial charge in [-0.1, -0.05) is 26.7 Å². The molecule has 0 radical (unpaired) electrons. The number of nitrogens with one attached hydrogen (secondary N) is 1. The molecule has 0 unspecified atom stereocenters. The standard InChI is InChI=1S/C18H34N2O4/c1-6-7-14(2)12-15(21)20-10-8-18(23,9-11-20)13-19-16(22)24-17(3,4)5/h14,23H,6-13H2,1-5H3,(H,19,22)/t14-/m1/s1. The SMILES string of the molecule is CCC[C@@H](C)CC(=O)N1CCC(O)(CNC(=O)OC(C)(C)C)CC1. The number of carbonyl (C=O) groups is 2. The van der Waals surface area contributed by atoms with Crippen LogP contribution in [0.15, 0.2) is 0 Å². The average molecular weight is 342 g/mol. The van der Waals surface area contributed by atoms with Crippen LogP contribution in [-0.4, -0.2) is 52.8 Å². The number of rotatable bonds is 6. The van der Waals surface area contributed by atoms with E-state index >= 15 is 0 Å². The Kier molecular flexibility index (Phi) is 7.52. The molecule has 1 heterocycles. The summed E-state index contributed by atoms with van der Waals surface area (Å²) in [5.41, 5.74) is -1.53. The molecule has 1 rings (SSSR count). The van der Waals surface area contributed by atoms with Crippen LogP contribution >= 0.6 is 0 Å². The summed E-state index contributed by atoms with van der Waals surface area (Å²) >= 11 is 0. The first-order chi connectivity index (χ1) is 11.0. The Morgan fingerprint density at radius 3 is 2.38 bits per heavy atom. The van der Waals surface area contributed by atoms with E-state index in [0.717, 1.165) is 12.8 Å². The average Bonchev–Trinajstić information content (AvgIpc) is 2.44. The molecular formula is C18H34N2O4. The highest BCUT2D eigenvalue weighted by atomic mass is 16.6. The lowest BCUT2D eigenvalue weighted by molar-refractivity contribution is -0.136. The fourth-order valence-electron chi connectivity index (χ4n) is 2.92. The number of ether oxygens (including phenoxy) is 1. The molecule has 6 heteroatoms. The number of likely N-dealkylation sites (tertiary alicyclic amines) is 1. The van der Waals surface area contributed by atoms with E-state index < -0.39 is 17.3 Å². The Morgan fingerprint density at radius 2 is 1.88 bits per heavy atom. The van der Waals surface area contributed by atoms with E-state index in [1.54, 1.807) is 20.8 Å². The maximum Gasteiger partial charge on any atom is 0.407 e. The molecule has 1 saturated heterocycles. The van der Waals surface area contributed by atoms with Crippen molar-refractivity contribution in [3.05, 3.63) is 0 Å². The van der Waals surface area contributed by atoms with E-state index in [2.05, 4.69) is 19.2 Å². The van der Waals surface area contributed by atoms with E-state index in [-0.39, 0.29) is 12.5 Å². The predicted octanol–water partition coefficient (Wildman–Crippen LogP) is 2.69. The van der Waals surface area contributed by atoms with Crippen molar-refractivity contribution in [3.63, 3.8) is 0 Å². The van der Waals surface area contributed by atoms with Crippen LogP contribution in [0.2, 0.25) is 0 Å². The lowest BCUT2D eigenvalue weighted by Gasteiger charge is -2.38. The molecule has 24 heavy (non-hydrogen) atoms. The Labute approximate surface area is 145 Å². The molecule has 140 valence electrons. The number of aliphatic hydroxyl groups is 1. The van der Waals surface area contributed by atoms with Gasteiger partial charge in [-0.3, -0.25) is 4.79 Å². The first-order valence-electron chi connectivity index (χ1n) is 9.01. The van der Waals surface area contributed by atoms with Crippen molar-refractivity contribution in [2.24, 2.45) is 5.92 Å². The van der Waals surface area contributed by atoms with Crippen molar-refractivity contribution >= 4 is 12.0 Å². The van der Waals surface area contributed by atoms with Gasteiger partial charge in [0.25, 0.3) is 0 Å². The summed E-state index contributed by atoms with van der Waals surface area (Å²) in [6.07, 6.45) is 3.13. The highest BCUT2D eigenvalue weighted by Crippen LogP contribution is 2.23. The minimum absolute atomic E-state index is 0.149. The first kappa shape index (κ1) is 20.7. The number of nitrogens with zero attached hydrogens (tertiary/aromatic N) is 1. The molecule has 1 aliphatic rings. The van der Waals surface area contributed by atoms with E-state index in [4.69, 9.17) is 4.74 Å². The number of alkyl carbamates (subject to hydrolysis) is 1.